The third-order valence-corrected chi connectivity index (χ3v) is 4.71. The Hall–Kier alpha value is -3.55. The van der Waals surface area contributed by atoms with Crippen LogP contribution in [0.3, 0.4) is 0 Å². The summed E-state index contributed by atoms with van der Waals surface area (Å²) in [4.78, 5) is 20.5. The zero-order valence-electron chi connectivity index (χ0n) is 15.7. The van der Waals surface area contributed by atoms with Crippen LogP contribution in [0.1, 0.15) is 0 Å². The van der Waals surface area contributed by atoms with Crippen LogP contribution >= 0.6 is 0 Å². The first-order chi connectivity index (χ1) is 14.2. The summed E-state index contributed by atoms with van der Waals surface area (Å²) in [5.74, 6) is 0.822. The van der Waals surface area contributed by atoms with Crippen molar-refractivity contribution in [2.75, 3.05) is 37.7 Å². The number of anilines is 1. The SMILES string of the molecule is O=C(COc1ccc(F)cc1)N1CCN(c2ccc(-c3ccccn3)nn2)CC1. The van der Waals surface area contributed by atoms with Crippen LogP contribution in [0.2, 0.25) is 0 Å². The van der Waals surface area contributed by atoms with Crippen LogP contribution in [0, 0.1) is 5.82 Å². The molecule has 1 amide bonds. The monoisotopic (exact) mass is 393 g/mol. The van der Waals surface area contributed by atoms with Crippen molar-refractivity contribution in [3.8, 4) is 17.1 Å². The molecule has 0 saturated carbocycles. The number of carbonyl (C=O) groups is 1. The molecule has 4 rings (SSSR count). The first kappa shape index (κ1) is 18.8. The number of benzene rings is 1. The molecule has 1 aliphatic rings. The van der Waals surface area contributed by atoms with Gasteiger partial charge in [0.05, 0.1) is 5.69 Å². The smallest absolute Gasteiger partial charge is 0.260 e. The van der Waals surface area contributed by atoms with Crippen molar-refractivity contribution in [2.24, 2.45) is 0 Å². The highest BCUT2D eigenvalue weighted by molar-refractivity contribution is 5.78. The highest BCUT2D eigenvalue weighted by Crippen LogP contribution is 2.18. The molecular weight excluding hydrogens is 373 g/mol. The third-order valence-electron chi connectivity index (χ3n) is 4.71. The molecule has 29 heavy (non-hydrogen) atoms. The van der Waals surface area contributed by atoms with E-state index in [0.717, 1.165) is 17.2 Å². The topological polar surface area (TPSA) is 71.5 Å². The maximum absolute atomic E-state index is 12.9. The predicted molar refractivity (Wildman–Crippen MR) is 106 cm³/mol. The van der Waals surface area contributed by atoms with Gasteiger partial charge in [-0.2, -0.15) is 0 Å². The summed E-state index contributed by atoms with van der Waals surface area (Å²) in [6.45, 7) is 2.43. The molecule has 8 heteroatoms. The minimum atomic E-state index is -0.337. The Balaban J connectivity index is 1.28. The first-order valence-corrected chi connectivity index (χ1v) is 9.35. The molecule has 1 fully saturated rings. The van der Waals surface area contributed by atoms with Gasteiger partial charge in [-0.3, -0.25) is 9.78 Å². The predicted octanol–water partition coefficient (Wildman–Crippen LogP) is 2.41. The molecule has 1 aromatic carbocycles. The first-order valence-electron chi connectivity index (χ1n) is 9.35. The normalized spacial score (nSPS) is 14.0. The summed E-state index contributed by atoms with van der Waals surface area (Å²) < 4.78 is 18.4. The molecule has 0 atom stereocenters. The number of hydrogen-bond acceptors (Lipinski definition) is 6. The van der Waals surface area contributed by atoms with E-state index >= 15 is 0 Å². The van der Waals surface area contributed by atoms with Crippen LogP contribution in [0.25, 0.3) is 11.4 Å². The largest absolute Gasteiger partial charge is 0.484 e. The second-order valence-electron chi connectivity index (χ2n) is 6.60. The average molecular weight is 393 g/mol. The standard InChI is InChI=1S/C21H20FN5O2/c22-16-4-6-17(7-5-16)29-15-21(28)27-13-11-26(12-14-27)20-9-8-19(24-25-20)18-3-1-2-10-23-18/h1-10H,11-15H2. The number of halogens is 1. The summed E-state index contributed by atoms with van der Waals surface area (Å²) in [7, 11) is 0. The van der Waals surface area contributed by atoms with Gasteiger partial charge in [-0.1, -0.05) is 6.07 Å². The number of aromatic nitrogens is 3. The fraction of sp³-hybridized carbons (Fsp3) is 0.238. The van der Waals surface area contributed by atoms with E-state index in [1.807, 2.05) is 30.3 Å². The van der Waals surface area contributed by atoms with Gasteiger partial charge >= 0.3 is 0 Å². The number of piperazine rings is 1. The summed E-state index contributed by atoms with van der Waals surface area (Å²) in [6, 6.07) is 15.1. The van der Waals surface area contributed by atoms with Gasteiger partial charge in [0.25, 0.3) is 5.91 Å². The lowest BCUT2D eigenvalue weighted by Gasteiger charge is -2.35. The molecule has 3 heterocycles. The van der Waals surface area contributed by atoms with Crippen molar-refractivity contribution in [3.63, 3.8) is 0 Å². The van der Waals surface area contributed by atoms with Gasteiger partial charge in [0.2, 0.25) is 0 Å². The van der Waals surface area contributed by atoms with Crippen LogP contribution in [0.5, 0.6) is 5.75 Å². The lowest BCUT2D eigenvalue weighted by Crippen LogP contribution is -2.50. The van der Waals surface area contributed by atoms with Gasteiger partial charge in [0, 0.05) is 32.4 Å². The molecule has 0 aliphatic carbocycles. The highest BCUT2D eigenvalue weighted by atomic mass is 19.1. The molecule has 148 valence electrons. The highest BCUT2D eigenvalue weighted by Gasteiger charge is 2.22. The number of carbonyl (C=O) groups excluding carboxylic acids is 1. The van der Waals surface area contributed by atoms with Gasteiger partial charge in [-0.15, -0.1) is 10.2 Å². The van der Waals surface area contributed by atoms with E-state index in [9.17, 15) is 9.18 Å². The molecular formula is C21H20FN5O2. The van der Waals surface area contributed by atoms with E-state index < -0.39 is 0 Å². The Kier molecular flexibility index (Phi) is 5.60. The summed E-state index contributed by atoms with van der Waals surface area (Å²) >= 11 is 0. The molecule has 0 bridgehead atoms. The van der Waals surface area contributed by atoms with Gasteiger partial charge in [-0.25, -0.2) is 4.39 Å². The minimum absolute atomic E-state index is 0.0653. The number of rotatable bonds is 5. The number of amides is 1. The third kappa shape index (κ3) is 4.66. The van der Waals surface area contributed by atoms with E-state index in [-0.39, 0.29) is 18.3 Å². The average Bonchev–Trinajstić information content (AvgIpc) is 2.79. The molecule has 0 radical (unpaired) electrons. The van der Waals surface area contributed by atoms with Crippen molar-refractivity contribution in [2.45, 2.75) is 0 Å². The Labute approximate surface area is 167 Å². The Morgan fingerprint density at radius 1 is 0.931 bits per heavy atom. The van der Waals surface area contributed by atoms with Crippen LogP contribution in [-0.4, -0.2) is 58.8 Å². The van der Waals surface area contributed by atoms with Gasteiger partial charge < -0.3 is 14.5 Å². The van der Waals surface area contributed by atoms with E-state index in [4.69, 9.17) is 4.74 Å². The maximum Gasteiger partial charge on any atom is 0.260 e. The van der Waals surface area contributed by atoms with Crippen LogP contribution in [0.4, 0.5) is 10.2 Å². The number of ether oxygens (including phenoxy) is 1. The molecule has 0 spiro atoms. The molecule has 1 aliphatic heterocycles. The molecule has 7 nitrogen and oxygen atoms in total. The van der Waals surface area contributed by atoms with Crippen molar-refractivity contribution in [3.05, 3.63) is 66.6 Å². The fourth-order valence-corrected chi connectivity index (χ4v) is 3.10. The van der Waals surface area contributed by atoms with Crippen molar-refractivity contribution in [1.29, 1.82) is 0 Å². The van der Waals surface area contributed by atoms with E-state index in [1.165, 1.54) is 24.3 Å². The molecule has 1 saturated heterocycles. The van der Waals surface area contributed by atoms with Gasteiger partial charge in [0.15, 0.2) is 12.4 Å². The van der Waals surface area contributed by atoms with Gasteiger partial charge in [-0.05, 0) is 48.5 Å². The van der Waals surface area contributed by atoms with Crippen LogP contribution in [-0.2, 0) is 4.79 Å². The molecule has 0 N–H and O–H groups in total. The maximum atomic E-state index is 12.9. The Bertz CT molecular complexity index is 943. The number of hydrogen-bond donors (Lipinski definition) is 0. The van der Waals surface area contributed by atoms with Crippen LogP contribution in [0.15, 0.2) is 60.8 Å². The summed E-state index contributed by atoms with van der Waals surface area (Å²) in [6.07, 6.45) is 1.72. The van der Waals surface area contributed by atoms with Gasteiger partial charge in [0.1, 0.15) is 17.3 Å². The molecule has 3 aromatic rings. The van der Waals surface area contributed by atoms with Crippen molar-refractivity contribution in [1.82, 2.24) is 20.1 Å². The molecule has 2 aromatic heterocycles. The van der Waals surface area contributed by atoms with E-state index in [1.54, 1.807) is 11.1 Å². The quantitative estimate of drug-likeness (QED) is 0.663. The lowest BCUT2D eigenvalue weighted by atomic mass is 10.2. The second-order valence-corrected chi connectivity index (χ2v) is 6.60. The molecule has 0 unspecified atom stereocenters. The summed E-state index contributed by atoms with van der Waals surface area (Å²) in [5.41, 5.74) is 1.50. The lowest BCUT2D eigenvalue weighted by molar-refractivity contribution is -0.133. The number of pyridine rings is 1. The van der Waals surface area contributed by atoms with E-state index in [2.05, 4.69) is 20.1 Å². The number of nitrogens with zero attached hydrogens (tertiary/aromatic N) is 5. The van der Waals surface area contributed by atoms with E-state index in [0.29, 0.717) is 31.9 Å². The van der Waals surface area contributed by atoms with Crippen molar-refractivity contribution >= 4 is 11.7 Å². The Morgan fingerprint density at radius 2 is 1.72 bits per heavy atom. The zero-order chi connectivity index (χ0) is 20.1. The zero-order valence-corrected chi connectivity index (χ0v) is 15.7. The second kappa shape index (κ2) is 8.64. The van der Waals surface area contributed by atoms with Crippen LogP contribution < -0.4 is 9.64 Å². The van der Waals surface area contributed by atoms with Crippen molar-refractivity contribution < 1.29 is 13.9 Å². The summed E-state index contributed by atoms with van der Waals surface area (Å²) in [5, 5.41) is 8.57. The minimum Gasteiger partial charge on any atom is -0.484 e. The Morgan fingerprint density at radius 3 is 2.38 bits per heavy atom. The fourth-order valence-electron chi connectivity index (χ4n) is 3.10.